The number of nitro benzene ring substituents is 1. The van der Waals surface area contributed by atoms with Crippen LogP contribution in [0.3, 0.4) is 0 Å². The second-order valence-electron chi connectivity index (χ2n) is 7.04. The summed E-state index contributed by atoms with van der Waals surface area (Å²) in [5, 5.41) is 13.2. The minimum atomic E-state index is -3.82. The van der Waals surface area contributed by atoms with Gasteiger partial charge < -0.3 is 14.8 Å². The fraction of sp³-hybridized carbons (Fsp3) is 0.300. The zero-order valence-corrected chi connectivity index (χ0v) is 19.0. The smallest absolute Gasteiger partial charge is 0.338 e. The summed E-state index contributed by atoms with van der Waals surface area (Å²) < 4.78 is 37.1. The lowest BCUT2D eigenvalue weighted by atomic mass is 10.1. The van der Waals surface area contributed by atoms with E-state index in [9.17, 15) is 28.1 Å². The first-order valence-corrected chi connectivity index (χ1v) is 11.5. The molecule has 2 aromatic carbocycles. The second-order valence-corrected chi connectivity index (χ2v) is 9.39. The lowest BCUT2D eigenvalue weighted by Gasteiger charge is -2.26. The Labute approximate surface area is 194 Å². The van der Waals surface area contributed by atoms with E-state index in [1.165, 1.54) is 34.6 Å². The third kappa shape index (κ3) is 5.85. The van der Waals surface area contributed by atoms with Gasteiger partial charge in [-0.3, -0.25) is 14.9 Å². The van der Waals surface area contributed by atoms with Gasteiger partial charge in [-0.1, -0.05) is 17.7 Å². The van der Waals surface area contributed by atoms with Crippen LogP contribution < -0.4 is 5.32 Å². The number of benzene rings is 2. The summed E-state index contributed by atoms with van der Waals surface area (Å²) in [6.45, 7) is 1.90. The van der Waals surface area contributed by atoms with Crippen LogP contribution in [0.2, 0.25) is 5.02 Å². The van der Waals surface area contributed by atoms with Gasteiger partial charge in [0.15, 0.2) is 6.61 Å². The van der Waals surface area contributed by atoms with E-state index in [0.717, 1.165) is 6.07 Å². The summed E-state index contributed by atoms with van der Waals surface area (Å²) in [6, 6.07) is 7.78. The van der Waals surface area contributed by atoms with Gasteiger partial charge in [-0.25, -0.2) is 13.2 Å². The third-order valence-electron chi connectivity index (χ3n) is 4.80. The maximum absolute atomic E-state index is 12.8. The molecule has 0 unspecified atom stereocenters. The largest absolute Gasteiger partial charge is 0.452 e. The van der Waals surface area contributed by atoms with Gasteiger partial charge in [0, 0.05) is 24.8 Å². The zero-order valence-electron chi connectivity index (χ0n) is 17.4. The summed E-state index contributed by atoms with van der Waals surface area (Å²) in [7, 11) is -3.82. The SMILES string of the molecule is Cc1ccc(S(=O)(=O)N2CCOCC2)cc1C(=O)OCC(=O)Nc1ccc(Cl)c([N+](=O)[O-])c1. The fourth-order valence-corrected chi connectivity index (χ4v) is 4.68. The maximum atomic E-state index is 12.8. The zero-order chi connectivity index (χ0) is 24.2. The van der Waals surface area contributed by atoms with E-state index in [0.29, 0.717) is 5.56 Å². The second kappa shape index (κ2) is 10.3. The number of halogens is 1. The summed E-state index contributed by atoms with van der Waals surface area (Å²) in [6.07, 6.45) is 0. The van der Waals surface area contributed by atoms with Gasteiger partial charge >= 0.3 is 5.97 Å². The average Bonchev–Trinajstić information content (AvgIpc) is 2.79. The summed E-state index contributed by atoms with van der Waals surface area (Å²) in [5.74, 6) is -1.63. The van der Waals surface area contributed by atoms with E-state index >= 15 is 0 Å². The molecule has 0 bridgehead atoms. The first-order valence-electron chi connectivity index (χ1n) is 9.69. The Balaban J connectivity index is 1.68. The average molecular weight is 498 g/mol. The molecular weight excluding hydrogens is 478 g/mol. The number of sulfonamides is 1. The van der Waals surface area contributed by atoms with Gasteiger partial charge in [-0.05, 0) is 36.8 Å². The van der Waals surface area contributed by atoms with Crippen molar-refractivity contribution in [3.8, 4) is 0 Å². The molecular formula is C20H20ClN3O8S. The molecule has 0 spiro atoms. The number of hydrogen-bond donors (Lipinski definition) is 1. The number of nitrogens with one attached hydrogen (secondary N) is 1. The molecule has 13 heteroatoms. The van der Waals surface area contributed by atoms with Crippen LogP contribution in [0.4, 0.5) is 11.4 Å². The number of ether oxygens (including phenoxy) is 2. The third-order valence-corrected chi connectivity index (χ3v) is 7.01. The number of hydrogen-bond acceptors (Lipinski definition) is 8. The van der Waals surface area contributed by atoms with Crippen molar-refractivity contribution in [1.82, 2.24) is 4.31 Å². The van der Waals surface area contributed by atoms with Gasteiger partial charge in [0.2, 0.25) is 10.0 Å². The summed E-state index contributed by atoms with van der Waals surface area (Å²) in [4.78, 5) is 34.8. The van der Waals surface area contributed by atoms with Gasteiger partial charge in [0.05, 0.1) is 28.6 Å². The van der Waals surface area contributed by atoms with E-state index in [-0.39, 0.29) is 53.2 Å². The fourth-order valence-electron chi connectivity index (χ4n) is 3.05. The predicted molar refractivity (Wildman–Crippen MR) is 118 cm³/mol. The molecule has 2 aromatic rings. The Morgan fingerprint density at radius 2 is 1.91 bits per heavy atom. The van der Waals surface area contributed by atoms with Gasteiger partial charge in [-0.15, -0.1) is 0 Å². The number of aryl methyl sites for hydroxylation is 1. The molecule has 0 radical (unpaired) electrons. The molecule has 1 amide bonds. The molecule has 0 aliphatic carbocycles. The Hall–Kier alpha value is -3.06. The highest BCUT2D eigenvalue weighted by Crippen LogP contribution is 2.27. The van der Waals surface area contributed by atoms with Crippen molar-refractivity contribution in [3.05, 3.63) is 62.7 Å². The number of carbonyl (C=O) groups is 2. The van der Waals surface area contributed by atoms with Crippen molar-refractivity contribution < 1.29 is 32.4 Å². The maximum Gasteiger partial charge on any atom is 0.338 e. The number of rotatable bonds is 7. The van der Waals surface area contributed by atoms with Crippen LogP contribution in [0, 0.1) is 17.0 Å². The Morgan fingerprint density at radius 1 is 1.21 bits per heavy atom. The highest BCUT2D eigenvalue weighted by atomic mass is 35.5. The molecule has 1 N–H and O–H groups in total. The number of carbonyl (C=O) groups excluding carboxylic acids is 2. The van der Waals surface area contributed by atoms with E-state index in [4.69, 9.17) is 21.1 Å². The highest BCUT2D eigenvalue weighted by Gasteiger charge is 2.27. The first-order chi connectivity index (χ1) is 15.6. The summed E-state index contributed by atoms with van der Waals surface area (Å²) >= 11 is 5.73. The molecule has 176 valence electrons. The quantitative estimate of drug-likeness (QED) is 0.348. The minimum absolute atomic E-state index is 0.000680. The molecule has 1 fully saturated rings. The van der Waals surface area contributed by atoms with Crippen molar-refractivity contribution in [3.63, 3.8) is 0 Å². The standard InChI is InChI=1S/C20H20ClN3O8S/c1-13-2-4-15(33(29,30)23-6-8-31-9-7-23)11-16(13)20(26)32-12-19(25)22-14-3-5-17(21)18(10-14)24(27)28/h2-5,10-11H,6-9,12H2,1H3,(H,22,25). The molecule has 1 heterocycles. The number of nitro groups is 1. The predicted octanol–water partition coefficient (Wildman–Crippen LogP) is 2.37. The lowest BCUT2D eigenvalue weighted by Crippen LogP contribution is -2.40. The van der Waals surface area contributed by atoms with Crippen molar-refractivity contribution in [2.24, 2.45) is 0 Å². The topological polar surface area (TPSA) is 145 Å². The van der Waals surface area contributed by atoms with E-state index in [2.05, 4.69) is 5.32 Å². The van der Waals surface area contributed by atoms with E-state index in [1.54, 1.807) is 6.92 Å². The molecule has 1 aliphatic rings. The lowest BCUT2D eigenvalue weighted by molar-refractivity contribution is -0.384. The van der Waals surface area contributed by atoms with Gasteiger partial charge in [0.1, 0.15) is 5.02 Å². The van der Waals surface area contributed by atoms with Crippen LogP contribution in [-0.2, 0) is 24.3 Å². The van der Waals surface area contributed by atoms with Crippen LogP contribution in [0.25, 0.3) is 0 Å². The van der Waals surface area contributed by atoms with Crippen molar-refractivity contribution >= 4 is 44.9 Å². The number of esters is 1. The van der Waals surface area contributed by atoms with E-state index in [1.807, 2.05) is 0 Å². The minimum Gasteiger partial charge on any atom is -0.452 e. The normalized spacial score (nSPS) is 14.5. The Bertz CT molecular complexity index is 1200. The molecule has 11 nitrogen and oxygen atoms in total. The number of amides is 1. The number of morpholine rings is 1. The Kier molecular flexibility index (Phi) is 7.64. The molecule has 0 saturated carbocycles. The highest BCUT2D eigenvalue weighted by molar-refractivity contribution is 7.89. The van der Waals surface area contributed by atoms with Crippen LogP contribution in [0.1, 0.15) is 15.9 Å². The molecule has 1 aliphatic heterocycles. The van der Waals surface area contributed by atoms with Crippen molar-refractivity contribution in [2.45, 2.75) is 11.8 Å². The molecule has 0 atom stereocenters. The molecule has 1 saturated heterocycles. The van der Waals surface area contributed by atoms with E-state index < -0.39 is 33.4 Å². The number of anilines is 1. The Morgan fingerprint density at radius 3 is 2.58 bits per heavy atom. The van der Waals surface area contributed by atoms with Gasteiger partial charge in [-0.2, -0.15) is 4.31 Å². The van der Waals surface area contributed by atoms with Crippen molar-refractivity contribution in [2.75, 3.05) is 38.2 Å². The first kappa shape index (κ1) is 24.6. The molecule has 0 aromatic heterocycles. The van der Waals surface area contributed by atoms with Crippen LogP contribution >= 0.6 is 11.6 Å². The summed E-state index contributed by atoms with van der Waals surface area (Å²) in [5.41, 5.74) is 0.177. The van der Waals surface area contributed by atoms with Crippen LogP contribution in [0.5, 0.6) is 0 Å². The molecule has 33 heavy (non-hydrogen) atoms. The monoisotopic (exact) mass is 497 g/mol. The van der Waals surface area contributed by atoms with Gasteiger partial charge in [0.25, 0.3) is 11.6 Å². The van der Waals surface area contributed by atoms with Crippen LogP contribution in [0.15, 0.2) is 41.3 Å². The number of nitrogens with zero attached hydrogens (tertiary/aromatic N) is 2. The van der Waals surface area contributed by atoms with Crippen LogP contribution in [-0.4, -0.2) is 62.4 Å². The van der Waals surface area contributed by atoms with Crippen molar-refractivity contribution in [1.29, 1.82) is 0 Å². The molecule has 3 rings (SSSR count).